The quantitative estimate of drug-likeness (QED) is 0.182. The topological polar surface area (TPSA) is 160 Å². The zero-order valence-electron chi connectivity index (χ0n) is 27.5. The van der Waals surface area contributed by atoms with E-state index >= 15 is 0 Å². The molecule has 3 aliphatic rings. The number of nitrogens with one attached hydrogen (secondary N) is 3. The summed E-state index contributed by atoms with van der Waals surface area (Å²) in [6.45, 7) is 13.0. The number of methoxy groups -OCH3 is 1. The lowest BCUT2D eigenvalue weighted by Crippen LogP contribution is -2.56. The van der Waals surface area contributed by atoms with Gasteiger partial charge in [0.05, 0.1) is 31.2 Å². The standard InChI is InChI=1S/C31H52N4O9/c1-9-24(36)32-14-15-35(7)16-25(37)34-28(38)41-17-21(20(4)5)33-29(39)43-22-12-13-31(18-42-31)27(26(22)40-8)30(6)23(44-30)11-10-19(2)3/h10,20-23,26-27H,9,11-18H2,1-8H3,(H,32,36)(H,33,39)(H,34,37,38)/t21-,22?,23+,26?,27?,30-,31-/m0/s1. The zero-order valence-corrected chi connectivity index (χ0v) is 27.5. The number of hydrogen-bond donors (Lipinski definition) is 3. The van der Waals surface area contributed by atoms with Crippen molar-refractivity contribution in [2.75, 3.05) is 47.0 Å². The maximum absolute atomic E-state index is 13.1. The van der Waals surface area contributed by atoms with E-state index in [4.69, 9.17) is 23.7 Å². The molecule has 0 radical (unpaired) electrons. The third kappa shape index (κ3) is 9.63. The van der Waals surface area contributed by atoms with Crippen molar-refractivity contribution in [3.8, 4) is 0 Å². The summed E-state index contributed by atoms with van der Waals surface area (Å²) < 4.78 is 29.3. The second-order valence-corrected chi connectivity index (χ2v) is 12.9. The lowest BCUT2D eigenvalue weighted by Gasteiger charge is -2.42. The van der Waals surface area contributed by atoms with Crippen LogP contribution in [0.1, 0.15) is 67.2 Å². The Morgan fingerprint density at radius 3 is 2.43 bits per heavy atom. The van der Waals surface area contributed by atoms with Crippen LogP contribution < -0.4 is 16.0 Å². The summed E-state index contributed by atoms with van der Waals surface area (Å²) in [5, 5.41) is 7.73. The highest BCUT2D eigenvalue weighted by atomic mass is 16.6. The fraction of sp³-hybridized carbons (Fsp3) is 0.806. The van der Waals surface area contributed by atoms with E-state index in [1.807, 2.05) is 13.8 Å². The molecule has 0 bridgehead atoms. The van der Waals surface area contributed by atoms with Gasteiger partial charge in [0.15, 0.2) is 0 Å². The molecule has 250 valence electrons. The molecule has 2 saturated heterocycles. The van der Waals surface area contributed by atoms with Crippen LogP contribution in [0.15, 0.2) is 11.6 Å². The summed E-state index contributed by atoms with van der Waals surface area (Å²) in [5.74, 6) is -0.802. The van der Waals surface area contributed by atoms with E-state index in [1.165, 1.54) is 5.57 Å². The van der Waals surface area contributed by atoms with Crippen LogP contribution >= 0.6 is 0 Å². The third-order valence-corrected chi connectivity index (χ3v) is 8.79. The highest BCUT2D eigenvalue weighted by Crippen LogP contribution is 2.59. The van der Waals surface area contributed by atoms with Crippen molar-refractivity contribution in [3.63, 3.8) is 0 Å². The summed E-state index contributed by atoms with van der Waals surface area (Å²) in [6.07, 6.45) is 2.26. The number of ether oxygens (including phenoxy) is 5. The summed E-state index contributed by atoms with van der Waals surface area (Å²) >= 11 is 0. The van der Waals surface area contributed by atoms with Gasteiger partial charge in [-0.3, -0.25) is 19.8 Å². The van der Waals surface area contributed by atoms with Gasteiger partial charge in [-0.05, 0) is 53.0 Å². The molecule has 4 amide bonds. The third-order valence-electron chi connectivity index (χ3n) is 8.79. The minimum Gasteiger partial charge on any atom is -0.447 e. The Balaban J connectivity index is 1.48. The molecule has 44 heavy (non-hydrogen) atoms. The van der Waals surface area contributed by atoms with E-state index in [-0.39, 0.29) is 42.6 Å². The molecule has 13 heteroatoms. The van der Waals surface area contributed by atoms with Crippen LogP contribution in [0.3, 0.4) is 0 Å². The summed E-state index contributed by atoms with van der Waals surface area (Å²) in [4.78, 5) is 50.6. The second kappa shape index (κ2) is 15.5. The molecule has 0 aromatic heterocycles. The zero-order chi connectivity index (χ0) is 32.7. The predicted octanol–water partition coefficient (Wildman–Crippen LogP) is 2.52. The molecule has 13 nitrogen and oxygen atoms in total. The van der Waals surface area contributed by atoms with Gasteiger partial charge in [-0.15, -0.1) is 0 Å². The van der Waals surface area contributed by atoms with Gasteiger partial charge in [-0.25, -0.2) is 9.59 Å². The summed E-state index contributed by atoms with van der Waals surface area (Å²) in [5.41, 5.74) is 0.460. The second-order valence-electron chi connectivity index (χ2n) is 12.9. The number of carbonyl (C=O) groups is 4. The van der Waals surface area contributed by atoms with Crippen LogP contribution in [-0.4, -0.2) is 111 Å². The number of likely N-dealkylation sites (N-methyl/N-ethyl adjacent to an activating group) is 1. The average molecular weight is 625 g/mol. The Kier molecular flexibility index (Phi) is 12.6. The summed E-state index contributed by atoms with van der Waals surface area (Å²) in [7, 11) is 3.32. The van der Waals surface area contributed by atoms with Crippen molar-refractivity contribution in [1.29, 1.82) is 0 Å². The van der Waals surface area contributed by atoms with Gasteiger partial charge in [-0.1, -0.05) is 32.4 Å². The van der Waals surface area contributed by atoms with Gasteiger partial charge < -0.3 is 34.3 Å². The first-order chi connectivity index (χ1) is 20.7. The molecule has 0 aromatic carbocycles. The molecule has 3 rings (SSSR count). The number of allylic oxidation sites excluding steroid dienone is 1. The number of hydrogen-bond acceptors (Lipinski definition) is 10. The fourth-order valence-electron chi connectivity index (χ4n) is 5.98. The normalized spacial score (nSPS) is 29.5. The van der Waals surface area contributed by atoms with Gasteiger partial charge >= 0.3 is 12.2 Å². The van der Waals surface area contributed by atoms with E-state index < -0.39 is 41.9 Å². The van der Waals surface area contributed by atoms with Crippen molar-refractivity contribution in [2.45, 2.75) is 103 Å². The van der Waals surface area contributed by atoms with Crippen molar-refractivity contribution < 1.29 is 42.9 Å². The molecule has 1 saturated carbocycles. The largest absolute Gasteiger partial charge is 0.447 e. The lowest BCUT2D eigenvalue weighted by atomic mass is 9.68. The number of nitrogens with zero attached hydrogens (tertiary/aromatic N) is 1. The smallest absolute Gasteiger partial charge is 0.413 e. The Morgan fingerprint density at radius 2 is 1.84 bits per heavy atom. The number of amides is 4. The molecule has 3 unspecified atom stereocenters. The molecular formula is C31H52N4O9. The Morgan fingerprint density at radius 1 is 1.14 bits per heavy atom. The van der Waals surface area contributed by atoms with Gasteiger partial charge in [0.1, 0.15) is 30.0 Å². The molecule has 1 aliphatic carbocycles. The molecule has 3 N–H and O–H groups in total. The molecule has 0 aromatic rings. The molecule has 2 heterocycles. The van der Waals surface area contributed by atoms with Crippen molar-refractivity contribution in [2.24, 2.45) is 11.8 Å². The van der Waals surface area contributed by atoms with Crippen LogP contribution in [0, 0.1) is 11.8 Å². The van der Waals surface area contributed by atoms with E-state index in [9.17, 15) is 19.2 Å². The van der Waals surface area contributed by atoms with Crippen molar-refractivity contribution in [3.05, 3.63) is 11.6 Å². The van der Waals surface area contributed by atoms with E-state index in [1.54, 1.807) is 26.0 Å². The van der Waals surface area contributed by atoms with Gasteiger partial charge in [-0.2, -0.15) is 0 Å². The first-order valence-corrected chi connectivity index (χ1v) is 15.6. The minimum absolute atomic E-state index is 0.0445. The monoisotopic (exact) mass is 624 g/mol. The Labute approximate surface area is 261 Å². The molecule has 1 spiro atoms. The SMILES string of the molecule is CCC(=O)NCCN(C)CC(=O)NC(=O)OC[C@H](NC(=O)OC1CC[C@]2(CO2)C([C@@]2(C)O[C@@H]2CC=C(C)C)C1OC)C(C)C. The van der Waals surface area contributed by atoms with Gasteiger partial charge in [0.25, 0.3) is 0 Å². The number of carbonyl (C=O) groups excluding carboxylic acids is 4. The van der Waals surface area contributed by atoms with Crippen LogP contribution in [0.4, 0.5) is 9.59 Å². The minimum atomic E-state index is -0.909. The molecule has 3 fully saturated rings. The highest BCUT2D eigenvalue weighted by Gasteiger charge is 2.72. The molecule has 7 atom stereocenters. The maximum atomic E-state index is 13.1. The lowest BCUT2D eigenvalue weighted by molar-refractivity contribution is -0.121. The average Bonchev–Trinajstić information content (AvgIpc) is 3.86. The molecular weight excluding hydrogens is 572 g/mol. The van der Waals surface area contributed by atoms with E-state index in [0.29, 0.717) is 32.5 Å². The summed E-state index contributed by atoms with van der Waals surface area (Å²) in [6, 6.07) is -0.551. The fourth-order valence-corrected chi connectivity index (χ4v) is 5.98. The number of epoxide rings is 2. The van der Waals surface area contributed by atoms with Crippen LogP contribution in [-0.2, 0) is 33.3 Å². The van der Waals surface area contributed by atoms with Gasteiger partial charge in [0.2, 0.25) is 11.8 Å². The molecule has 2 aliphatic heterocycles. The van der Waals surface area contributed by atoms with E-state index in [2.05, 4.69) is 42.8 Å². The van der Waals surface area contributed by atoms with Gasteiger partial charge in [0, 0.05) is 26.6 Å². The Hall–Kier alpha value is -2.74. The van der Waals surface area contributed by atoms with E-state index in [0.717, 1.165) is 12.8 Å². The van der Waals surface area contributed by atoms with Crippen molar-refractivity contribution >= 4 is 24.0 Å². The number of rotatable bonds is 15. The number of alkyl carbamates (subject to hydrolysis) is 2. The predicted molar refractivity (Wildman–Crippen MR) is 162 cm³/mol. The number of imide groups is 1. The highest BCUT2D eigenvalue weighted by molar-refractivity contribution is 5.92. The first kappa shape index (κ1) is 35.7. The maximum Gasteiger partial charge on any atom is 0.413 e. The van der Waals surface area contributed by atoms with Crippen LogP contribution in [0.2, 0.25) is 0 Å². The van der Waals surface area contributed by atoms with Crippen molar-refractivity contribution in [1.82, 2.24) is 20.9 Å². The van der Waals surface area contributed by atoms with Crippen LogP contribution in [0.5, 0.6) is 0 Å². The van der Waals surface area contributed by atoms with Crippen LogP contribution in [0.25, 0.3) is 0 Å². The Bertz CT molecular complexity index is 1060. The first-order valence-electron chi connectivity index (χ1n) is 15.6.